The van der Waals surface area contributed by atoms with Crippen LogP contribution in [-0.2, 0) is 0 Å². The number of nitrogens with two attached hydrogens (primary N) is 1. The van der Waals surface area contributed by atoms with Crippen molar-refractivity contribution in [1.82, 2.24) is 19.9 Å². The normalized spacial score (nSPS) is 15.2. The van der Waals surface area contributed by atoms with Gasteiger partial charge in [0.25, 0.3) is 0 Å². The van der Waals surface area contributed by atoms with Gasteiger partial charge in [0.2, 0.25) is 0 Å². The minimum Gasteiger partial charge on any atom is -0.357 e. The van der Waals surface area contributed by atoms with Gasteiger partial charge in [0.1, 0.15) is 17.5 Å². The van der Waals surface area contributed by atoms with Crippen LogP contribution in [0.3, 0.4) is 0 Å². The molecule has 0 aliphatic carbocycles. The SMILES string of the molecule is NC1CCN(c2ccc(-c3cnc4nc(-c5cccc(F)c5)[nH]c4c3)cn2)CC1. The first-order valence-electron chi connectivity index (χ1n) is 9.74. The van der Waals surface area contributed by atoms with E-state index in [9.17, 15) is 4.39 Å². The van der Waals surface area contributed by atoms with Gasteiger partial charge >= 0.3 is 0 Å². The molecule has 1 aliphatic rings. The van der Waals surface area contributed by atoms with Crippen molar-refractivity contribution >= 4 is 17.0 Å². The van der Waals surface area contributed by atoms with Crippen molar-refractivity contribution in [1.29, 1.82) is 0 Å². The quantitative estimate of drug-likeness (QED) is 0.558. The summed E-state index contributed by atoms with van der Waals surface area (Å²) < 4.78 is 13.5. The van der Waals surface area contributed by atoms with Gasteiger partial charge < -0.3 is 15.6 Å². The first-order valence-corrected chi connectivity index (χ1v) is 9.74. The average molecular weight is 388 g/mol. The van der Waals surface area contributed by atoms with Crippen molar-refractivity contribution in [3.63, 3.8) is 0 Å². The molecule has 4 heterocycles. The minimum absolute atomic E-state index is 0.293. The predicted molar refractivity (Wildman–Crippen MR) is 112 cm³/mol. The second-order valence-electron chi connectivity index (χ2n) is 7.42. The highest BCUT2D eigenvalue weighted by atomic mass is 19.1. The molecule has 3 aromatic heterocycles. The molecule has 0 amide bonds. The van der Waals surface area contributed by atoms with Crippen LogP contribution in [0.25, 0.3) is 33.7 Å². The summed E-state index contributed by atoms with van der Waals surface area (Å²) in [5, 5.41) is 0. The Morgan fingerprint density at radius 2 is 1.79 bits per heavy atom. The topological polar surface area (TPSA) is 83.7 Å². The lowest BCUT2D eigenvalue weighted by Gasteiger charge is -2.31. The van der Waals surface area contributed by atoms with Gasteiger partial charge in [-0.25, -0.2) is 19.3 Å². The van der Waals surface area contributed by atoms with Crippen LogP contribution in [0.2, 0.25) is 0 Å². The van der Waals surface area contributed by atoms with E-state index >= 15 is 0 Å². The summed E-state index contributed by atoms with van der Waals surface area (Å²) >= 11 is 0. The van der Waals surface area contributed by atoms with Gasteiger partial charge in [-0.3, -0.25) is 0 Å². The van der Waals surface area contributed by atoms with Crippen LogP contribution in [0.15, 0.2) is 54.9 Å². The number of benzene rings is 1. The molecule has 1 fully saturated rings. The number of H-pyrrole nitrogens is 1. The lowest BCUT2D eigenvalue weighted by atomic mass is 10.1. The molecule has 0 unspecified atom stereocenters. The van der Waals surface area contributed by atoms with Crippen molar-refractivity contribution in [3.8, 4) is 22.5 Å². The molecule has 4 aromatic rings. The summed E-state index contributed by atoms with van der Waals surface area (Å²) in [7, 11) is 0. The number of pyridine rings is 2. The van der Waals surface area contributed by atoms with Crippen molar-refractivity contribution in [2.45, 2.75) is 18.9 Å². The first kappa shape index (κ1) is 17.8. The highest BCUT2D eigenvalue weighted by molar-refractivity contribution is 5.81. The molecule has 0 atom stereocenters. The molecule has 0 radical (unpaired) electrons. The third-order valence-corrected chi connectivity index (χ3v) is 5.38. The zero-order valence-corrected chi connectivity index (χ0v) is 15.8. The van der Waals surface area contributed by atoms with Crippen LogP contribution in [0.5, 0.6) is 0 Å². The fraction of sp³-hybridized carbons (Fsp3) is 0.227. The molecular formula is C22H21FN6. The molecule has 146 valence electrons. The summed E-state index contributed by atoms with van der Waals surface area (Å²) in [6, 6.07) is 12.7. The molecule has 5 rings (SSSR count). The number of hydrogen-bond donors (Lipinski definition) is 2. The van der Waals surface area contributed by atoms with Crippen LogP contribution >= 0.6 is 0 Å². The van der Waals surface area contributed by atoms with E-state index in [2.05, 4.69) is 30.9 Å². The van der Waals surface area contributed by atoms with Gasteiger partial charge in [-0.05, 0) is 43.2 Å². The number of nitrogens with one attached hydrogen (secondary N) is 1. The van der Waals surface area contributed by atoms with Crippen LogP contribution < -0.4 is 10.6 Å². The molecule has 1 saturated heterocycles. The second kappa shape index (κ2) is 7.25. The number of halogens is 1. The Labute approximate surface area is 167 Å². The zero-order chi connectivity index (χ0) is 19.8. The second-order valence-corrected chi connectivity index (χ2v) is 7.42. The highest BCUT2D eigenvalue weighted by Gasteiger charge is 2.17. The third-order valence-electron chi connectivity index (χ3n) is 5.38. The van der Waals surface area contributed by atoms with Crippen LogP contribution in [0.4, 0.5) is 10.2 Å². The third kappa shape index (κ3) is 3.56. The number of piperidine rings is 1. The zero-order valence-electron chi connectivity index (χ0n) is 15.8. The van der Waals surface area contributed by atoms with E-state index in [0.717, 1.165) is 48.4 Å². The van der Waals surface area contributed by atoms with Gasteiger partial charge in [0, 0.05) is 48.2 Å². The summed E-state index contributed by atoms with van der Waals surface area (Å²) in [6.07, 6.45) is 5.65. The van der Waals surface area contributed by atoms with Gasteiger partial charge in [0.15, 0.2) is 5.65 Å². The molecule has 0 saturated carbocycles. The number of rotatable bonds is 3. The minimum atomic E-state index is -0.293. The van der Waals surface area contributed by atoms with E-state index in [1.165, 1.54) is 12.1 Å². The fourth-order valence-corrected chi connectivity index (χ4v) is 3.70. The number of anilines is 1. The Morgan fingerprint density at radius 1 is 0.966 bits per heavy atom. The first-order chi connectivity index (χ1) is 14.2. The van der Waals surface area contributed by atoms with E-state index in [0.29, 0.717) is 23.1 Å². The molecule has 29 heavy (non-hydrogen) atoms. The van der Waals surface area contributed by atoms with E-state index in [1.54, 1.807) is 12.3 Å². The Balaban J connectivity index is 1.41. The smallest absolute Gasteiger partial charge is 0.178 e. The summed E-state index contributed by atoms with van der Waals surface area (Å²) in [6.45, 7) is 1.88. The molecule has 6 nitrogen and oxygen atoms in total. The summed E-state index contributed by atoms with van der Waals surface area (Å²) in [5.41, 5.74) is 10.0. The maximum Gasteiger partial charge on any atom is 0.178 e. The average Bonchev–Trinajstić information content (AvgIpc) is 3.18. The molecule has 7 heteroatoms. The molecule has 0 spiro atoms. The van der Waals surface area contributed by atoms with E-state index in [-0.39, 0.29) is 5.82 Å². The molecule has 1 aliphatic heterocycles. The Morgan fingerprint density at radius 3 is 2.55 bits per heavy atom. The Hall–Kier alpha value is -3.32. The highest BCUT2D eigenvalue weighted by Crippen LogP contribution is 2.26. The maximum atomic E-state index is 13.5. The van der Waals surface area contributed by atoms with Gasteiger partial charge in [-0.2, -0.15) is 0 Å². The summed E-state index contributed by atoms with van der Waals surface area (Å²) in [5.74, 6) is 1.28. The lowest BCUT2D eigenvalue weighted by molar-refractivity contribution is 0.498. The Kier molecular flexibility index (Phi) is 4.44. The number of aromatic amines is 1. The van der Waals surface area contributed by atoms with Gasteiger partial charge in [0.05, 0.1) is 5.52 Å². The lowest BCUT2D eigenvalue weighted by Crippen LogP contribution is -2.40. The Bertz CT molecular complexity index is 1150. The number of nitrogens with zero attached hydrogens (tertiary/aromatic N) is 4. The van der Waals surface area contributed by atoms with Crippen molar-refractivity contribution in [2.24, 2.45) is 5.73 Å². The standard InChI is InChI=1S/C22H21FN6/c23-17-3-1-2-14(10-17)21-27-19-11-16(13-26-22(19)28-21)15-4-5-20(25-12-15)29-8-6-18(24)7-9-29/h1-5,10-13,18H,6-9,24H2,(H,26,27,28). The molecule has 1 aromatic carbocycles. The van der Waals surface area contributed by atoms with E-state index in [1.807, 2.05) is 24.4 Å². The van der Waals surface area contributed by atoms with Crippen LogP contribution in [-0.4, -0.2) is 39.1 Å². The van der Waals surface area contributed by atoms with Crippen molar-refractivity contribution in [2.75, 3.05) is 18.0 Å². The monoisotopic (exact) mass is 388 g/mol. The molecule has 3 N–H and O–H groups in total. The van der Waals surface area contributed by atoms with E-state index in [4.69, 9.17) is 5.73 Å². The maximum absolute atomic E-state index is 13.5. The van der Waals surface area contributed by atoms with Gasteiger partial charge in [-0.15, -0.1) is 0 Å². The fourth-order valence-electron chi connectivity index (χ4n) is 3.70. The van der Waals surface area contributed by atoms with Crippen molar-refractivity contribution < 1.29 is 4.39 Å². The van der Waals surface area contributed by atoms with Crippen LogP contribution in [0.1, 0.15) is 12.8 Å². The largest absolute Gasteiger partial charge is 0.357 e. The van der Waals surface area contributed by atoms with E-state index < -0.39 is 0 Å². The molecule has 0 bridgehead atoms. The summed E-state index contributed by atoms with van der Waals surface area (Å²) in [4.78, 5) is 19.1. The predicted octanol–water partition coefficient (Wildman–Crippen LogP) is 3.75. The number of fused-ring (bicyclic) bond motifs is 1. The number of hydrogen-bond acceptors (Lipinski definition) is 5. The number of aromatic nitrogens is 4. The van der Waals surface area contributed by atoms with Crippen molar-refractivity contribution in [3.05, 3.63) is 60.7 Å². The van der Waals surface area contributed by atoms with Gasteiger partial charge in [-0.1, -0.05) is 12.1 Å². The van der Waals surface area contributed by atoms with Crippen LogP contribution in [0, 0.1) is 5.82 Å². The molecular weight excluding hydrogens is 367 g/mol. The number of imidazole rings is 1.